The normalized spacial score (nSPS) is 13.5. The summed E-state index contributed by atoms with van der Waals surface area (Å²) in [5.41, 5.74) is 4.54. The molecule has 1 aromatic carbocycles. The number of hydrogen-bond donors (Lipinski definition) is 2. The number of rotatable bonds is 9. The van der Waals surface area contributed by atoms with E-state index in [-0.39, 0.29) is 5.91 Å². The molecule has 1 aliphatic rings. The van der Waals surface area contributed by atoms with E-state index in [9.17, 15) is 13.6 Å². The molecule has 1 amide bonds. The zero-order chi connectivity index (χ0) is 29.1. The monoisotopic (exact) mass is 572 g/mol. The van der Waals surface area contributed by atoms with Gasteiger partial charge in [0.15, 0.2) is 17.0 Å². The molecule has 2 N–H and O–H groups in total. The van der Waals surface area contributed by atoms with Gasteiger partial charge in [0.1, 0.15) is 6.33 Å². The summed E-state index contributed by atoms with van der Waals surface area (Å²) in [6.07, 6.45) is 7.07. The lowest BCUT2D eigenvalue weighted by atomic mass is 10.1. The smallest absolute Gasteiger partial charge is 0.333 e. The van der Waals surface area contributed by atoms with Gasteiger partial charge in [-0.15, -0.1) is 0 Å². The van der Waals surface area contributed by atoms with Crippen molar-refractivity contribution >= 4 is 34.5 Å². The molecule has 12 nitrogen and oxygen atoms in total. The minimum absolute atomic E-state index is 0.282. The molecule has 0 aliphatic carbocycles. The van der Waals surface area contributed by atoms with Crippen LogP contribution in [-0.2, 0) is 16.1 Å². The van der Waals surface area contributed by atoms with Crippen molar-refractivity contribution in [1.82, 2.24) is 34.3 Å². The molecule has 4 aromatic heterocycles. The van der Waals surface area contributed by atoms with Gasteiger partial charge in [0, 0.05) is 30.5 Å². The van der Waals surface area contributed by atoms with Crippen molar-refractivity contribution in [2.75, 3.05) is 41.8 Å². The highest BCUT2D eigenvalue weighted by molar-refractivity contribution is 5.99. The van der Waals surface area contributed by atoms with Crippen molar-refractivity contribution in [2.24, 2.45) is 0 Å². The Morgan fingerprint density at radius 3 is 2.69 bits per heavy atom. The van der Waals surface area contributed by atoms with Crippen LogP contribution in [0.25, 0.3) is 28.0 Å². The Bertz CT molecular complexity index is 1730. The van der Waals surface area contributed by atoms with Crippen LogP contribution in [0.5, 0.6) is 0 Å². The minimum Gasteiger partial charge on any atom is -0.378 e. The summed E-state index contributed by atoms with van der Waals surface area (Å²) in [6.45, 7) is 3.39. The zero-order valence-corrected chi connectivity index (χ0v) is 22.3. The fourth-order valence-corrected chi connectivity index (χ4v) is 4.51. The van der Waals surface area contributed by atoms with Crippen LogP contribution in [0.15, 0.2) is 74.0 Å². The molecule has 0 radical (unpaired) electrons. The van der Waals surface area contributed by atoms with Crippen molar-refractivity contribution in [3.8, 4) is 16.8 Å². The third kappa shape index (κ3) is 5.65. The zero-order valence-electron chi connectivity index (χ0n) is 22.3. The van der Waals surface area contributed by atoms with E-state index < -0.39 is 6.55 Å². The van der Waals surface area contributed by atoms with Crippen molar-refractivity contribution in [1.29, 1.82) is 0 Å². The molecule has 14 heteroatoms. The number of carbonyl (C=O) groups is 1. The first-order chi connectivity index (χ1) is 20.5. The molecule has 0 bridgehead atoms. The predicted octanol–water partition coefficient (Wildman–Crippen LogP) is 4.04. The summed E-state index contributed by atoms with van der Waals surface area (Å²) in [4.78, 5) is 32.2. The fourth-order valence-electron chi connectivity index (χ4n) is 4.51. The van der Waals surface area contributed by atoms with Gasteiger partial charge in [0.25, 0.3) is 0 Å². The van der Waals surface area contributed by atoms with Gasteiger partial charge in [-0.05, 0) is 29.8 Å². The largest absolute Gasteiger partial charge is 0.378 e. The Morgan fingerprint density at radius 2 is 1.95 bits per heavy atom. The first kappa shape index (κ1) is 27.0. The summed E-state index contributed by atoms with van der Waals surface area (Å²) in [5.74, 6) is 0.677. The molecule has 1 saturated heterocycles. The maximum Gasteiger partial charge on any atom is 0.333 e. The Morgan fingerprint density at radius 1 is 1.10 bits per heavy atom. The number of aromatic nitrogens is 7. The molecular weight excluding hydrogens is 546 g/mol. The van der Waals surface area contributed by atoms with Gasteiger partial charge >= 0.3 is 6.55 Å². The lowest BCUT2D eigenvalue weighted by molar-refractivity contribution is -0.111. The molecule has 6 rings (SSSR count). The first-order valence-corrected chi connectivity index (χ1v) is 13.1. The van der Waals surface area contributed by atoms with Crippen LogP contribution in [0.1, 0.15) is 12.2 Å². The Kier molecular flexibility index (Phi) is 7.51. The van der Waals surface area contributed by atoms with Crippen LogP contribution < -0.4 is 15.5 Å². The number of hydrogen-bond acceptors (Lipinski definition) is 9. The lowest BCUT2D eigenvalue weighted by Crippen LogP contribution is -2.37. The van der Waals surface area contributed by atoms with Gasteiger partial charge in [0.05, 0.1) is 43.5 Å². The number of anilines is 3. The number of morpholine rings is 1. The number of ether oxygens (including phenoxy) is 1. The van der Waals surface area contributed by atoms with Gasteiger partial charge in [-0.3, -0.25) is 14.3 Å². The molecule has 5 aromatic rings. The van der Waals surface area contributed by atoms with Crippen LogP contribution in [0.3, 0.4) is 0 Å². The number of imidazole rings is 1. The number of carbonyl (C=O) groups excluding carboxylic acids is 1. The highest BCUT2D eigenvalue weighted by Crippen LogP contribution is 2.27. The average molecular weight is 573 g/mol. The second kappa shape index (κ2) is 11.7. The van der Waals surface area contributed by atoms with Gasteiger partial charge in [0.2, 0.25) is 11.9 Å². The van der Waals surface area contributed by atoms with E-state index in [4.69, 9.17) is 14.7 Å². The number of halogens is 2. The predicted molar refractivity (Wildman–Crippen MR) is 153 cm³/mol. The van der Waals surface area contributed by atoms with Crippen LogP contribution in [0.2, 0.25) is 0 Å². The SMILES string of the molecule is C=CC(=O)Nc1cccc(-c2ccc(CNc3nc(N4CCOCC4)nc4c3ncn4-c3cnn(C(F)F)c3)nc2)c1. The average Bonchev–Trinajstić information content (AvgIpc) is 3.68. The van der Waals surface area contributed by atoms with E-state index in [0.29, 0.717) is 71.8 Å². The Balaban J connectivity index is 1.26. The maximum atomic E-state index is 13.2. The second-order valence-electron chi connectivity index (χ2n) is 9.38. The van der Waals surface area contributed by atoms with Crippen molar-refractivity contribution in [2.45, 2.75) is 13.1 Å². The third-order valence-electron chi connectivity index (χ3n) is 6.65. The molecule has 1 fully saturated rings. The topological polar surface area (TPSA) is 128 Å². The quantitative estimate of drug-likeness (QED) is 0.252. The standard InChI is InChI=1S/C28H26F2N10O2/c1-2-23(41)35-20-5-3-4-18(12-20)19-6-7-21(31-13-19)14-32-25-24-26(37-28(36-25)38-8-10-42-11-9-38)39(17-33-24)22-15-34-40(16-22)27(29)30/h2-7,12-13,15-17,27H,1,8-11,14H2,(H,35,41)(H,32,36,37). The number of nitrogens with zero attached hydrogens (tertiary/aromatic N) is 8. The van der Waals surface area contributed by atoms with Crippen LogP contribution in [0, 0.1) is 0 Å². The molecule has 0 spiro atoms. The van der Waals surface area contributed by atoms with E-state index in [1.165, 1.54) is 24.8 Å². The summed E-state index contributed by atoms with van der Waals surface area (Å²) < 4.78 is 34.0. The number of pyridine rings is 1. The van der Waals surface area contributed by atoms with Gasteiger partial charge in [-0.1, -0.05) is 24.8 Å². The summed E-state index contributed by atoms with van der Waals surface area (Å²) in [7, 11) is 0. The molecular formula is C28H26F2N10O2. The van der Waals surface area contributed by atoms with Gasteiger partial charge in [-0.2, -0.15) is 23.8 Å². The molecule has 214 valence electrons. The van der Waals surface area contributed by atoms with Crippen LogP contribution >= 0.6 is 0 Å². The first-order valence-electron chi connectivity index (χ1n) is 13.1. The minimum atomic E-state index is -2.76. The Labute approximate surface area is 238 Å². The number of amides is 1. The summed E-state index contributed by atoms with van der Waals surface area (Å²) in [6, 6.07) is 11.3. The maximum absolute atomic E-state index is 13.2. The number of alkyl halides is 2. The van der Waals surface area contributed by atoms with E-state index in [1.807, 2.05) is 35.2 Å². The number of fused-ring (bicyclic) bond motifs is 1. The van der Waals surface area contributed by atoms with E-state index >= 15 is 0 Å². The third-order valence-corrected chi connectivity index (χ3v) is 6.65. The molecule has 0 unspecified atom stereocenters. The fraction of sp³-hybridized carbons (Fsp3) is 0.214. The lowest BCUT2D eigenvalue weighted by Gasteiger charge is -2.27. The molecule has 0 atom stereocenters. The highest BCUT2D eigenvalue weighted by atomic mass is 19.3. The van der Waals surface area contributed by atoms with Crippen LogP contribution in [0.4, 0.5) is 26.2 Å². The van der Waals surface area contributed by atoms with E-state index in [2.05, 4.69) is 32.3 Å². The highest BCUT2D eigenvalue weighted by Gasteiger charge is 2.21. The van der Waals surface area contributed by atoms with E-state index in [0.717, 1.165) is 16.8 Å². The molecule has 42 heavy (non-hydrogen) atoms. The molecule has 1 aliphatic heterocycles. The van der Waals surface area contributed by atoms with Gasteiger partial charge in [-0.25, -0.2) is 9.67 Å². The van der Waals surface area contributed by atoms with Crippen molar-refractivity contribution in [3.63, 3.8) is 0 Å². The molecule has 0 saturated carbocycles. The number of benzene rings is 1. The van der Waals surface area contributed by atoms with Crippen molar-refractivity contribution in [3.05, 3.63) is 79.7 Å². The Hall–Kier alpha value is -5.24. The summed E-state index contributed by atoms with van der Waals surface area (Å²) >= 11 is 0. The van der Waals surface area contributed by atoms with Crippen molar-refractivity contribution < 1.29 is 18.3 Å². The van der Waals surface area contributed by atoms with Crippen LogP contribution in [-0.4, -0.2) is 66.5 Å². The summed E-state index contributed by atoms with van der Waals surface area (Å²) in [5, 5.41) is 9.82. The van der Waals surface area contributed by atoms with Gasteiger partial charge < -0.3 is 20.3 Å². The molecule has 5 heterocycles. The second-order valence-corrected chi connectivity index (χ2v) is 9.38. The van der Waals surface area contributed by atoms with E-state index in [1.54, 1.807) is 16.8 Å². The number of nitrogens with one attached hydrogen (secondary N) is 2.